The van der Waals surface area contributed by atoms with E-state index in [9.17, 15) is 14.7 Å². The van der Waals surface area contributed by atoms with Crippen LogP contribution in [-0.2, 0) is 14.3 Å². The Hall–Kier alpha value is -3.54. The first kappa shape index (κ1) is 17.8. The molecule has 0 saturated heterocycles. The van der Waals surface area contributed by atoms with E-state index in [0.29, 0.717) is 11.1 Å². The van der Waals surface area contributed by atoms with E-state index >= 15 is 0 Å². The molecule has 0 aliphatic carbocycles. The Labute approximate surface area is 144 Å². The Bertz CT molecular complexity index is 821. The number of phenolic OH excluding ortho intramolecular Hbond substituents is 1. The van der Waals surface area contributed by atoms with Gasteiger partial charge in [0, 0.05) is 6.08 Å². The van der Waals surface area contributed by atoms with Crippen LogP contribution in [0, 0.1) is 0 Å². The summed E-state index contributed by atoms with van der Waals surface area (Å²) in [5.74, 6) is -2.44. The largest absolute Gasteiger partial charge is 0.504 e. The molecule has 0 amide bonds. The van der Waals surface area contributed by atoms with E-state index in [1.165, 1.54) is 31.4 Å². The van der Waals surface area contributed by atoms with Crippen LogP contribution in [0.2, 0.25) is 0 Å². The van der Waals surface area contributed by atoms with Gasteiger partial charge in [0.15, 0.2) is 11.5 Å². The number of ether oxygens (including phenoxy) is 2. The van der Waals surface area contributed by atoms with Crippen LogP contribution in [0.1, 0.15) is 11.1 Å². The van der Waals surface area contributed by atoms with Crippen LogP contribution in [0.4, 0.5) is 0 Å². The molecule has 0 aliphatic heterocycles. The average molecular weight is 340 g/mol. The van der Waals surface area contributed by atoms with Crippen LogP contribution in [-0.4, -0.2) is 29.3 Å². The van der Waals surface area contributed by atoms with Gasteiger partial charge in [0.25, 0.3) is 0 Å². The van der Waals surface area contributed by atoms with Gasteiger partial charge >= 0.3 is 11.9 Å². The molecule has 6 heteroatoms. The highest BCUT2D eigenvalue weighted by Gasteiger charge is 2.12. The maximum atomic E-state index is 11.8. The number of carbonyl (C=O) groups is 2. The van der Waals surface area contributed by atoms with Crippen molar-refractivity contribution in [1.29, 1.82) is 0 Å². The lowest BCUT2D eigenvalue weighted by molar-refractivity contribution is -0.144. The number of esters is 1. The summed E-state index contributed by atoms with van der Waals surface area (Å²) in [7, 11) is 1.41. The van der Waals surface area contributed by atoms with E-state index in [0.717, 1.165) is 6.08 Å². The number of methoxy groups -OCH3 is 1. The third-order valence-corrected chi connectivity index (χ3v) is 3.13. The first-order valence-corrected chi connectivity index (χ1v) is 7.26. The van der Waals surface area contributed by atoms with Crippen LogP contribution >= 0.6 is 0 Å². The average Bonchev–Trinajstić information content (AvgIpc) is 2.61. The fourth-order valence-electron chi connectivity index (χ4n) is 1.94. The molecule has 0 radical (unpaired) electrons. The van der Waals surface area contributed by atoms with Crippen molar-refractivity contribution in [3.63, 3.8) is 0 Å². The van der Waals surface area contributed by atoms with Crippen molar-refractivity contribution in [3.05, 3.63) is 71.5 Å². The van der Waals surface area contributed by atoms with Crippen LogP contribution in [0.3, 0.4) is 0 Å². The van der Waals surface area contributed by atoms with Crippen LogP contribution in [0.15, 0.2) is 60.4 Å². The third kappa shape index (κ3) is 5.24. The number of carboxylic acids is 1. The summed E-state index contributed by atoms with van der Waals surface area (Å²) >= 11 is 0. The summed E-state index contributed by atoms with van der Waals surface area (Å²) in [6, 6.07) is 13.2. The number of hydrogen-bond donors (Lipinski definition) is 2. The fourth-order valence-corrected chi connectivity index (χ4v) is 1.94. The molecule has 0 heterocycles. The summed E-state index contributed by atoms with van der Waals surface area (Å²) in [6.07, 6.45) is 3.78. The monoisotopic (exact) mass is 340 g/mol. The second kappa shape index (κ2) is 8.35. The Balaban J connectivity index is 2.11. The third-order valence-electron chi connectivity index (χ3n) is 3.13. The van der Waals surface area contributed by atoms with Crippen molar-refractivity contribution in [2.75, 3.05) is 7.11 Å². The number of rotatable bonds is 6. The molecule has 0 bridgehead atoms. The number of carboxylic acid groups (broad SMARTS) is 1. The van der Waals surface area contributed by atoms with Crippen molar-refractivity contribution in [1.82, 2.24) is 0 Å². The van der Waals surface area contributed by atoms with Gasteiger partial charge < -0.3 is 19.7 Å². The van der Waals surface area contributed by atoms with Gasteiger partial charge in [-0.05, 0) is 35.4 Å². The van der Waals surface area contributed by atoms with Gasteiger partial charge in [0.1, 0.15) is 0 Å². The van der Waals surface area contributed by atoms with Gasteiger partial charge in [-0.2, -0.15) is 0 Å². The van der Waals surface area contributed by atoms with E-state index < -0.39 is 17.7 Å². The Morgan fingerprint density at radius 3 is 2.40 bits per heavy atom. The summed E-state index contributed by atoms with van der Waals surface area (Å²) in [5.41, 5.74) is 1.18. The number of hydrogen-bond acceptors (Lipinski definition) is 5. The molecule has 0 fully saturated rings. The van der Waals surface area contributed by atoms with Crippen LogP contribution < -0.4 is 4.74 Å². The lowest BCUT2D eigenvalue weighted by atomic mass is 10.2. The van der Waals surface area contributed by atoms with Gasteiger partial charge in [-0.3, -0.25) is 0 Å². The minimum absolute atomic E-state index is 0.0267. The van der Waals surface area contributed by atoms with Crippen molar-refractivity contribution in [2.24, 2.45) is 0 Å². The number of benzene rings is 2. The number of carbonyl (C=O) groups excluding carboxylic acids is 1. The summed E-state index contributed by atoms with van der Waals surface area (Å²) < 4.78 is 9.84. The molecule has 0 saturated carbocycles. The summed E-state index contributed by atoms with van der Waals surface area (Å²) in [5, 5.41) is 18.7. The van der Waals surface area contributed by atoms with Crippen molar-refractivity contribution < 1.29 is 29.3 Å². The Morgan fingerprint density at radius 2 is 1.76 bits per heavy atom. The van der Waals surface area contributed by atoms with Gasteiger partial charge in [-0.15, -0.1) is 0 Å². The Kier molecular flexibility index (Phi) is 5.95. The molecule has 25 heavy (non-hydrogen) atoms. The zero-order valence-electron chi connectivity index (χ0n) is 13.4. The lowest BCUT2D eigenvalue weighted by Gasteiger charge is -2.04. The molecule has 2 aromatic rings. The highest BCUT2D eigenvalue weighted by molar-refractivity contribution is 5.96. The molecule has 0 atom stereocenters. The predicted octanol–water partition coefficient (Wildman–Crippen LogP) is 3.08. The van der Waals surface area contributed by atoms with E-state index in [2.05, 4.69) is 0 Å². The smallest absolute Gasteiger partial charge is 0.371 e. The molecular weight excluding hydrogens is 324 g/mol. The van der Waals surface area contributed by atoms with E-state index in [4.69, 9.17) is 14.6 Å². The zero-order valence-corrected chi connectivity index (χ0v) is 13.4. The second-order valence-corrected chi connectivity index (χ2v) is 4.91. The SMILES string of the molecule is COc1cc(C=CC(=O)OC(=Cc2ccccc2)C(=O)O)ccc1O. The molecule has 0 aromatic heterocycles. The zero-order chi connectivity index (χ0) is 18.2. The normalized spacial score (nSPS) is 11.3. The molecule has 2 rings (SSSR count). The predicted molar refractivity (Wildman–Crippen MR) is 91.8 cm³/mol. The van der Waals surface area contributed by atoms with Gasteiger partial charge in [-0.1, -0.05) is 36.4 Å². The summed E-state index contributed by atoms with van der Waals surface area (Å²) in [6.45, 7) is 0. The van der Waals surface area contributed by atoms with E-state index in [1.807, 2.05) is 0 Å². The maximum absolute atomic E-state index is 11.8. The minimum Gasteiger partial charge on any atom is -0.504 e. The molecule has 128 valence electrons. The highest BCUT2D eigenvalue weighted by Crippen LogP contribution is 2.26. The van der Waals surface area contributed by atoms with Gasteiger partial charge in [0.05, 0.1) is 7.11 Å². The molecule has 2 N–H and O–H groups in total. The molecule has 6 nitrogen and oxygen atoms in total. The number of aliphatic carboxylic acids is 1. The maximum Gasteiger partial charge on any atom is 0.371 e. The quantitative estimate of drug-likeness (QED) is 0.477. The van der Waals surface area contributed by atoms with Gasteiger partial charge in [-0.25, -0.2) is 9.59 Å². The van der Waals surface area contributed by atoms with Crippen molar-refractivity contribution in [2.45, 2.75) is 0 Å². The van der Waals surface area contributed by atoms with Crippen molar-refractivity contribution in [3.8, 4) is 11.5 Å². The first-order valence-electron chi connectivity index (χ1n) is 7.26. The molecule has 2 aromatic carbocycles. The minimum atomic E-state index is -1.35. The van der Waals surface area contributed by atoms with Crippen molar-refractivity contribution >= 4 is 24.1 Å². The highest BCUT2D eigenvalue weighted by atomic mass is 16.6. The molecule has 0 spiro atoms. The van der Waals surface area contributed by atoms with E-state index in [1.54, 1.807) is 36.4 Å². The Morgan fingerprint density at radius 1 is 1.04 bits per heavy atom. The van der Waals surface area contributed by atoms with Crippen LogP contribution in [0.5, 0.6) is 11.5 Å². The second-order valence-electron chi connectivity index (χ2n) is 4.91. The summed E-state index contributed by atoms with van der Waals surface area (Å²) in [4.78, 5) is 23.1. The standard InChI is InChI=1S/C19H16O6/c1-24-16-11-14(7-9-15(16)20)8-10-18(21)25-17(19(22)23)12-13-5-3-2-4-6-13/h2-12,20H,1H3,(H,22,23). The van der Waals surface area contributed by atoms with Gasteiger partial charge in [0.2, 0.25) is 5.76 Å². The molecular formula is C19H16O6. The molecule has 0 unspecified atom stereocenters. The number of aromatic hydroxyl groups is 1. The fraction of sp³-hybridized carbons (Fsp3) is 0.0526. The first-order chi connectivity index (χ1) is 12.0. The number of phenols is 1. The molecule has 0 aliphatic rings. The van der Waals surface area contributed by atoms with Crippen LogP contribution in [0.25, 0.3) is 12.2 Å². The topological polar surface area (TPSA) is 93.1 Å². The lowest BCUT2D eigenvalue weighted by Crippen LogP contribution is -2.09. The van der Waals surface area contributed by atoms with E-state index in [-0.39, 0.29) is 11.5 Å².